The van der Waals surface area contributed by atoms with Crippen molar-refractivity contribution >= 4 is 52.3 Å². The third-order valence-corrected chi connectivity index (χ3v) is 39.4. The summed E-state index contributed by atoms with van der Waals surface area (Å²) in [5.41, 5.74) is 23.5. The van der Waals surface area contributed by atoms with Gasteiger partial charge in [0.1, 0.15) is 0 Å². The molecule has 0 nitrogen and oxygen atoms in total. The van der Waals surface area contributed by atoms with E-state index in [-0.39, 0.29) is 19.1 Å². The van der Waals surface area contributed by atoms with Crippen molar-refractivity contribution in [2.24, 2.45) is 11.8 Å². The van der Waals surface area contributed by atoms with Crippen molar-refractivity contribution in [3.63, 3.8) is 0 Å². The summed E-state index contributed by atoms with van der Waals surface area (Å²) >= 11 is -5.93. The minimum atomic E-state index is -5.93. The van der Waals surface area contributed by atoms with Crippen molar-refractivity contribution in [3.8, 4) is 55.6 Å². The van der Waals surface area contributed by atoms with Crippen LogP contribution < -0.4 is 13.6 Å². The van der Waals surface area contributed by atoms with Crippen LogP contribution in [-0.2, 0) is 29.2 Å². The van der Waals surface area contributed by atoms with Gasteiger partial charge >= 0.3 is 431 Å². The molecule has 1 aliphatic heterocycles. The first-order valence-corrected chi connectivity index (χ1v) is 37.7. The van der Waals surface area contributed by atoms with E-state index in [4.69, 9.17) is 0 Å². The van der Waals surface area contributed by atoms with Crippen LogP contribution in [0.2, 0.25) is 0 Å². The van der Waals surface area contributed by atoms with Crippen LogP contribution in [0.25, 0.3) is 67.8 Å². The Morgan fingerprint density at radius 2 is 0.871 bits per heavy atom. The monoisotopic (exact) mass is 1040 g/mol. The number of halogens is 2. The molecule has 11 rings (SSSR count). The molecule has 8 aromatic rings. The Morgan fingerprint density at radius 1 is 0.443 bits per heavy atom. The molecular weight excluding hydrogens is 983 g/mol. The molecule has 0 amide bonds. The Hall–Kier alpha value is -5.08. The van der Waals surface area contributed by atoms with Crippen molar-refractivity contribution in [2.45, 2.75) is 74.5 Å². The predicted octanol–water partition coefficient (Wildman–Crippen LogP) is 16.6. The van der Waals surface area contributed by atoms with E-state index in [1.807, 2.05) is 0 Å². The second-order valence-corrected chi connectivity index (χ2v) is 42.8. The Kier molecular flexibility index (Phi) is 12.7. The molecule has 4 atom stereocenters. The van der Waals surface area contributed by atoms with Gasteiger partial charge in [-0.1, -0.05) is 0 Å². The van der Waals surface area contributed by atoms with Gasteiger partial charge in [0, 0.05) is 0 Å². The van der Waals surface area contributed by atoms with Crippen LogP contribution in [-0.4, -0.2) is 9.52 Å². The predicted molar refractivity (Wildman–Crippen MR) is 305 cm³/mol. The molecule has 4 heteroatoms. The summed E-state index contributed by atoms with van der Waals surface area (Å²) in [4.78, 5) is 0. The maximum atomic E-state index is 9.75. The van der Waals surface area contributed by atoms with Gasteiger partial charge in [0.05, 0.1) is 0 Å². The van der Waals surface area contributed by atoms with Gasteiger partial charge < -0.3 is 0 Å². The Balaban J connectivity index is 1.28. The SMILES string of the molecule is CCc1ccccc1-c1c(-c2ccccc2)ccc2c1C=C(C(C)CC)[CH]2[Zr]([Cl])([Cl])([c]1cccc2c1[SiH2]c1ccccc1-2)[CH]1C(C(C)CC)=Cc2c1ccc(-c1ccccc1)c2-c1ccccc1CC. The quantitative estimate of drug-likeness (QED) is 0.101. The zero-order valence-corrected chi connectivity index (χ0v) is 46.9. The van der Waals surface area contributed by atoms with Gasteiger partial charge in [-0.15, -0.1) is 0 Å². The fraction of sp³-hybridized carbons (Fsp3) is 0.212. The number of rotatable bonds is 13. The summed E-state index contributed by atoms with van der Waals surface area (Å²) in [6.07, 6.45) is 9.05. The van der Waals surface area contributed by atoms with E-state index >= 15 is 0 Å². The normalized spacial score (nSPS) is 17.5. The van der Waals surface area contributed by atoms with Crippen molar-refractivity contribution < 1.29 is 16.4 Å². The van der Waals surface area contributed by atoms with Gasteiger partial charge in [0.15, 0.2) is 0 Å². The number of fused-ring (bicyclic) bond motifs is 5. The third-order valence-electron chi connectivity index (χ3n) is 16.8. The zero-order valence-electron chi connectivity index (χ0n) is 41.5. The van der Waals surface area contributed by atoms with Crippen LogP contribution in [0.1, 0.15) is 95.0 Å². The topological polar surface area (TPSA) is 0 Å². The number of benzene rings is 8. The first-order valence-electron chi connectivity index (χ1n) is 25.9. The van der Waals surface area contributed by atoms with Crippen molar-refractivity contribution in [1.29, 1.82) is 0 Å². The molecule has 349 valence electrons. The van der Waals surface area contributed by atoms with E-state index in [0.717, 1.165) is 25.7 Å². The molecule has 8 aromatic carbocycles. The van der Waals surface area contributed by atoms with E-state index in [0.29, 0.717) is 0 Å². The van der Waals surface area contributed by atoms with Gasteiger partial charge in [-0.25, -0.2) is 0 Å². The number of allylic oxidation sites excluding steroid dienone is 2. The summed E-state index contributed by atoms with van der Waals surface area (Å²) < 4.78 is 0.925. The molecule has 0 saturated carbocycles. The molecule has 0 fully saturated rings. The maximum absolute atomic E-state index is 9.75. The second-order valence-electron chi connectivity index (χ2n) is 20.3. The molecule has 0 bridgehead atoms. The molecule has 0 saturated heterocycles. The average Bonchev–Trinajstić information content (AvgIpc) is 4.13. The summed E-state index contributed by atoms with van der Waals surface area (Å²) in [6, 6.07) is 66.1. The number of aryl methyl sites for hydroxylation is 2. The number of hydrogen-bond acceptors (Lipinski definition) is 0. The van der Waals surface area contributed by atoms with Crippen LogP contribution in [0.15, 0.2) is 187 Å². The van der Waals surface area contributed by atoms with Gasteiger partial charge in [-0.2, -0.15) is 0 Å². The Morgan fingerprint density at radius 3 is 1.34 bits per heavy atom. The zero-order chi connectivity index (χ0) is 48.3. The van der Waals surface area contributed by atoms with Gasteiger partial charge in [-0.05, 0) is 0 Å². The molecule has 0 aromatic heterocycles. The minimum absolute atomic E-state index is 0.181. The average molecular weight is 1050 g/mol. The standard InChI is InChI=1S/2C27H27.C12H9Si.2ClH.Zr/c2*1-4-19(3)23-17-22-15-16-25(21-12-7-6-8-13-21)27(26(22)18-23)24-14-10-9-11-20(24)5-2;1-3-7-11-9(5-1)10-6-2-4-8-12(10)13-11;;;/h2*6-19H,4-5H2,1-3H3;1-7H,13H2;2*1H;/q;;;;;+2/p-2. The molecule has 70 heavy (non-hydrogen) atoms. The first kappa shape index (κ1) is 47.3. The van der Waals surface area contributed by atoms with Gasteiger partial charge in [0.2, 0.25) is 0 Å². The van der Waals surface area contributed by atoms with Gasteiger partial charge in [-0.3, -0.25) is 0 Å². The van der Waals surface area contributed by atoms with Crippen molar-refractivity contribution in [1.82, 2.24) is 0 Å². The van der Waals surface area contributed by atoms with Crippen molar-refractivity contribution in [2.75, 3.05) is 0 Å². The Labute approximate surface area is 427 Å². The fourth-order valence-corrected chi connectivity index (χ4v) is 41.0. The molecule has 3 aliphatic rings. The van der Waals surface area contributed by atoms with Crippen LogP contribution in [0, 0.1) is 11.8 Å². The van der Waals surface area contributed by atoms with E-state index < -0.39 is 25.9 Å². The molecule has 0 radical (unpaired) electrons. The fourth-order valence-electron chi connectivity index (χ4n) is 13.0. The molecular formula is C66H63Cl2SiZr. The third kappa shape index (κ3) is 7.45. The summed E-state index contributed by atoms with van der Waals surface area (Å²) in [7, 11) is 18.6. The molecule has 4 unspecified atom stereocenters. The molecule has 2 aliphatic carbocycles. The van der Waals surface area contributed by atoms with E-state index in [2.05, 4.69) is 230 Å². The van der Waals surface area contributed by atoms with E-state index in [1.54, 1.807) is 0 Å². The van der Waals surface area contributed by atoms with E-state index in [9.17, 15) is 17.0 Å². The number of hydrogen-bond donors (Lipinski definition) is 0. The van der Waals surface area contributed by atoms with Crippen LogP contribution in [0.5, 0.6) is 0 Å². The molecule has 0 spiro atoms. The van der Waals surface area contributed by atoms with E-state index in [1.165, 1.54) is 114 Å². The second kappa shape index (κ2) is 18.8. The first-order chi connectivity index (χ1) is 34.1. The summed E-state index contributed by atoms with van der Waals surface area (Å²) in [6.45, 7) is 14.1. The Bertz CT molecular complexity index is 3210. The van der Waals surface area contributed by atoms with Crippen molar-refractivity contribution in [3.05, 3.63) is 220 Å². The molecule has 1 heterocycles. The molecule has 0 N–H and O–H groups in total. The van der Waals surface area contributed by atoms with Crippen LogP contribution in [0.3, 0.4) is 0 Å². The summed E-state index contributed by atoms with van der Waals surface area (Å²) in [5, 5.41) is 2.95. The van der Waals surface area contributed by atoms with Crippen LogP contribution >= 0.6 is 17.0 Å². The van der Waals surface area contributed by atoms with Crippen LogP contribution in [0.4, 0.5) is 0 Å². The summed E-state index contributed by atoms with van der Waals surface area (Å²) in [5.74, 6) is 0.487. The van der Waals surface area contributed by atoms with Gasteiger partial charge in [0.25, 0.3) is 0 Å².